The normalized spacial score (nSPS) is 10.8. The Morgan fingerprint density at radius 3 is 2.58 bits per heavy atom. The molecule has 1 aromatic heterocycles. The number of aromatic nitrogens is 2. The van der Waals surface area contributed by atoms with E-state index >= 15 is 0 Å². The number of hydrogen-bond donors (Lipinski definition) is 1. The fourth-order valence-corrected chi connectivity index (χ4v) is 1.99. The minimum absolute atomic E-state index is 0.0794. The number of nitrogens with zero attached hydrogens (tertiary/aromatic N) is 2. The van der Waals surface area contributed by atoms with Crippen LogP contribution in [0.15, 0.2) is 42.5 Å². The molecule has 94 valence electrons. The molecule has 0 saturated heterocycles. The van der Waals surface area contributed by atoms with Crippen molar-refractivity contribution in [3.63, 3.8) is 0 Å². The molecule has 0 aliphatic rings. The van der Waals surface area contributed by atoms with E-state index in [0.29, 0.717) is 0 Å². The number of fused-ring (bicyclic) bond motifs is 1. The van der Waals surface area contributed by atoms with E-state index in [1.807, 2.05) is 25.1 Å². The van der Waals surface area contributed by atoms with Crippen LogP contribution < -0.4 is 0 Å². The smallest absolute Gasteiger partial charge is 0.269 e. The molecule has 0 atom stereocenters. The lowest BCUT2D eigenvalue weighted by atomic mass is 10.2. The number of nitro benzene ring substituents is 1. The average Bonchev–Trinajstić information content (AvgIpc) is 2.81. The summed E-state index contributed by atoms with van der Waals surface area (Å²) in [5.41, 5.74) is 3.91. The Hall–Kier alpha value is -2.69. The van der Waals surface area contributed by atoms with Crippen LogP contribution in [-0.2, 0) is 0 Å². The molecule has 1 heterocycles. The van der Waals surface area contributed by atoms with E-state index in [2.05, 4.69) is 9.97 Å². The van der Waals surface area contributed by atoms with Gasteiger partial charge in [0.15, 0.2) is 0 Å². The largest absolute Gasteiger partial charge is 0.338 e. The summed E-state index contributed by atoms with van der Waals surface area (Å²) in [5.74, 6) is 0.718. The fourth-order valence-electron chi connectivity index (χ4n) is 1.99. The minimum Gasteiger partial charge on any atom is -0.338 e. The van der Waals surface area contributed by atoms with Crippen LogP contribution in [0.3, 0.4) is 0 Å². The molecular formula is C14H11N3O2. The van der Waals surface area contributed by atoms with Crippen molar-refractivity contribution in [3.05, 3.63) is 58.1 Å². The highest BCUT2D eigenvalue weighted by Gasteiger charge is 2.08. The summed E-state index contributed by atoms with van der Waals surface area (Å²) in [6.07, 6.45) is 0. The molecule has 0 aliphatic heterocycles. The van der Waals surface area contributed by atoms with Crippen molar-refractivity contribution in [3.8, 4) is 11.4 Å². The fraction of sp³-hybridized carbons (Fsp3) is 0.0714. The van der Waals surface area contributed by atoms with Crippen LogP contribution in [0.1, 0.15) is 5.56 Å². The van der Waals surface area contributed by atoms with Crippen molar-refractivity contribution in [1.29, 1.82) is 0 Å². The Labute approximate surface area is 109 Å². The molecular weight excluding hydrogens is 242 g/mol. The number of aryl methyl sites for hydroxylation is 1. The van der Waals surface area contributed by atoms with Gasteiger partial charge in [0.2, 0.25) is 0 Å². The van der Waals surface area contributed by atoms with Crippen LogP contribution in [0.25, 0.3) is 22.4 Å². The number of benzene rings is 2. The van der Waals surface area contributed by atoms with Gasteiger partial charge < -0.3 is 4.98 Å². The first kappa shape index (κ1) is 11.4. The zero-order chi connectivity index (χ0) is 13.4. The third-order valence-electron chi connectivity index (χ3n) is 2.99. The van der Waals surface area contributed by atoms with Gasteiger partial charge in [-0.15, -0.1) is 0 Å². The predicted octanol–water partition coefficient (Wildman–Crippen LogP) is 3.45. The highest BCUT2D eigenvalue weighted by atomic mass is 16.6. The van der Waals surface area contributed by atoms with Gasteiger partial charge in [-0.1, -0.05) is 6.07 Å². The zero-order valence-electron chi connectivity index (χ0n) is 10.3. The molecule has 3 rings (SSSR count). The van der Waals surface area contributed by atoms with Crippen LogP contribution in [-0.4, -0.2) is 14.9 Å². The van der Waals surface area contributed by atoms with E-state index in [1.165, 1.54) is 12.1 Å². The van der Waals surface area contributed by atoms with Crippen molar-refractivity contribution in [1.82, 2.24) is 9.97 Å². The topological polar surface area (TPSA) is 71.8 Å². The Morgan fingerprint density at radius 2 is 1.89 bits per heavy atom. The first-order valence-corrected chi connectivity index (χ1v) is 5.85. The highest BCUT2D eigenvalue weighted by molar-refractivity contribution is 5.80. The number of nitrogens with one attached hydrogen (secondary N) is 1. The highest BCUT2D eigenvalue weighted by Crippen LogP contribution is 2.23. The Kier molecular flexibility index (Phi) is 2.52. The van der Waals surface area contributed by atoms with Crippen LogP contribution in [0.4, 0.5) is 5.69 Å². The summed E-state index contributed by atoms with van der Waals surface area (Å²) < 4.78 is 0. The third-order valence-corrected chi connectivity index (χ3v) is 2.99. The average molecular weight is 253 g/mol. The molecule has 3 aromatic rings. The molecule has 0 bridgehead atoms. The van der Waals surface area contributed by atoms with Gasteiger partial charge in [0.25, 0.3) is 5.69 Å². The number of nitro groups is 1. The summed E-state index contributed by atoms with van der Waals surface area (Å²) in [6.45, 7) is 2.01. The van der Waals surface area contributed by atoms with E-state index < -0.39 is 4.92 Å². The summed E-state index contributed by atoms with van der Waals surface area (Å²) in [5, 5.41) is 10.6. The van der Waals surface area contributed by atoms with Crippen molar-refractivity contribution >= 4 is 16.7 Å². The van der Waals surface area contributed by atoms with Crippen LogP contribution >= 0.6 is 0 Å². The van der Waals surface area contributed by atoms with E-state index in [-0.39, 0.29) is 5.69 Å². The van der Waals surface area contributed by atoms with Gasteiger partial charge in [-0.05, 0) is 36.8 Å². The van der Waals surface area contributed by atoms with Gasteiger partial charge in [0.1, 0.15) is 5.82 Å². The standard InChI is InChI=1S/C14H11N3O2/c1-9-2-7-12-13(8-9)16-14(15-12)10-3-5-11(6-4-10)17(18)19/h2-8H,1H3,(H,15,16). The van der Waals surface area contributed by atoms with Gasteiger partial charge in [-0.2, -0.15) is 0 Å². The van der Waals surface area contributed by atoms with E-state index in [9.17, 15) is 10.1 Å². The molecule has 19 heavy (non-hydrogen) atoms. The molecule has 2 aromatic carbocycles. The third kappa shape index (κ3) is 2.06. The van der Waals surface area contributed by atoms with Crippen molar-refractivity contribution < 1.29 is 4.92 Å². The maximum absolute atomic E-state index is 10.6. The van der Waals surface area contributed by atoms with Crippen LogP contribution in [0.5, 0.6) is 0 Å². The Bertz CT molecular complexity index is 760. The second-order valence-corrected chi connectivity index (χ2v) is 4.41. The van der Waals surface area contributed by atoms with Crippen LogP contribution in [0.2, 0.25) is 0 Å². The van der Waals surface area contributed by atoms with Gasteiger partial charge in [0.05, 0.1) is 16.0 Å². The van der Waals surface area contributed by atoms with Crippen molar-refractivity contribution in [2.45, 2.75) is 6.92 Å². The van der Waals surface area contributed by atoms with E-state index in [1.54, 1.807) is 12.1 Å². The monoisotopic (exact) mass is 253 g/mol. The molecule has 0 aliphatic carbocycles. The molecule has 0 unspecified atom stereocenters. The maximum atomic E-state index is 10.6. The van der Waals surface area contributed by atoms with Gasteiger partial charge in [-0.25, -0.2) is 4.98 Å². The molecule has 0 spiro atoms. The van der Waals surface area contributed by atoms with E-state index in [0.717, 1.165) is 28.0 Å². The second-order valence-electron chi connectivity index (χ2n) is 4.41. The molecule has 0 saturated carbocycles. The first-order valence-electron chi connectivity index (χ1n) is 5.85. The lowest BCUT2D eigenvalue weighted by Crippen LogP contribution is -1.87. The van der Waals surface area contributed by atoms with E-state index in [4.69, 9.17) is 0 Å². The first-order chi connectivity index (χ1) is 9.13. The maximum Gasteiger partial charge on any atom is 0.269 e. The summed E-state index contributed by atoms with van der Waals surface area (Å²) in [4.78, 5) is 17.9. The summed E-state index contributed by atoms with van der Waals surface area (Å²) >= 11 is 0. The molecule has 5 heteroatoms. The number of non-ortho nitro benzene ring substituents is 1. The number of imidazole rings is 1. The minimum atomic E-state index is -0.411. The number of H-pyrrole nitrogens is 1. The predicted molar refractivity (Wildman–Crippen MR) is 72.9 cm³/mol. The lowest BCUT2D eigenvalue weighted by Gasteiger charge is -1.95. The van der Waals surface area contributed by atoms with Crippen molar-refractivity contribution in [2.24, 2.45) is 0 Å². The van der Waals surface area contributed by atoms with Crippen molar-refractivity contribution in [2.75, 3.05) is 0 Å². The molecule has 1 N–H and O–H groups in total. The molecule has 5 nitrogen and oxygen atoms in total. The number of hydrogen-bond acceptors (Lipinski definition) is 3. The van der Waals surface area contributed by atoms with Gasteiger partial charge in [-0.3, -0.25) is 10.1 Å². The van der Waals surface area contributed by atoms with Gasteiger partial charge in [0, 0.05) is 17.7 Å². The van der Waals surface area contributed by atoms with Crippen LogP contribution in [0, 0.1) is 17.0 Å². The number of rotatable bonds is 2. The van der Waals surface area contributed by atoms with Gasteiger partial charge >= 0.3 is 0 Å². The Balaban J connectivity index is 2.06. The number of aromatic amines is 1. The SMILES string of the molecule is Cc1ccc2[nH]c(-c3ccc([N+](=O)[O-])cc3)nc2c1. The summed E-state index contributed by atoms with van der Waals surface area (Å²) in [7, 11) is 0. The quantitative estimate of drug-likeness (QED) is 0.561. The molecule has 0 fully saturated rings. The molecule has 0 radical (unpaired) electrons. The lowest BCUT2D eigenvalue weighted by molar-refractivity contribution is -0.384. The Morgan fingerprint density at radius 1 is 1.16 bits per heavy atom. The zero-order valence-corrected chi connectivity index (χ0v) is 10.3. The second kappa shape index (κ2) is 4.20. The summed E-state index contributed by atoms with van der Waals surface area (Å²) in [6, 6.07) is 12.3. The molecule has 0 amide bonds.